The number of amides is 2. The Kier molecular flexibility index (Phi) is 7.44. The van der Waals surface area contributed by atoms with Gasteiger partial charge in [-0.1, -0.05) is 36.7 Å². The van der Waals surface area contributed by atoms with Gasteiger partial charge >= 0.3 is 12.2 Å². The second-order valence-corrected chi connectivity index (χ2v) is 8.00. The number of carboxylic acid groups (broad SMARTS) is 1. The maximum absolute atomic E-state index is 12.3. The zero-order valence-corrected chi connectivity index (χ0v) is 19.3. The first-order valence-electron chi connectivity index (χ1n) is 10.1. The van der Waals surface area contributed by atoms with Gasteiger partial charge < -0.3 is 9.84 Å². The second kappa shape index (κ2) is 10.3. The smallest absolute Gasteiger partial charge is 0.413 e. The fourth-order valence-corrected chi connectivity index (χ4v) is 3.36. The molecule has 3 heterocycles. The SMILES string of the molecule is CC(C)COC(=O)Nc1ccc(-c2nnn(C)c2N(C(=O)O)[C@H](C)c2cccnc2Cl)nc1. The molecule has 3 rings (SSSR count). The molecular formula is C21H24ClN7O4. The lowest BCUT2D eigenvalue weighted by Gasteiger charge is -2.27. The first-order chi connectivity index (χ1) is 15.7. The number of carbonyl (C=O) groups excluding carboxylic acids is 1. The van der Waals surface area contributed by atoms with E-state index < -0.39 is 18.2 Å². The number of anilines is 2. The molecule has 33 heavy (non-hydrogen) atoms. The molecule has 0 aliphatic heterocycles. The number of halogens is 1. The van der Waals surface area contributed by atoms with E-state index in [1.165, 1.54) is 17.1 Å². The Morgan fingerprint density at radius 2 is 2.00 bits per heavy atom. The largest absolute Gasteiger partial charge is 0.465 e. The van der Waals surface area contributed by atoms with Crippen LogP contribution in [0.25, 0.3) is 11.4 Å². The van der Waals surface area contributed by atoms with E-state index in [1.807, 2.05) is 13.8 Å². The van der Waals surface area contributed by atoms with Crippen LogP contribution in [-0.2, 0) is 11.8 Å². The molecule has 0 fully saturated rings. The number of aromatic nitrogens is 5. The van der Waals surface area contributed by atoms with Crippen LogP contribution < -0.4 is 10.2 Å². The van der Waals surface area contributed by atoms with E-state index in [-0.39, 0.29) is 22.6 Å². The van der Waals surface area contributed by atoms with Crippen molar-refractivity contribution in [1.29, 1.82) is 0 Å². The van der Waals surface area contributed by atoms with Crippen LogP contribution in [-0.4, -0.2) is 48.9 Å². The minimum Gasteiger partial charge on any atom is -0.465 e. The summed E-state index contributed by atoms with van der Waals surface area (Å²) in [5, 5.41) is 20.9. The van der Waals surface area contributed by atoms with Gasteiger partial charge in [0.05, 0.1) is 30.2 Å². The topological polar surface area (TPSA) is 135 Å². The number of nitrogens with zero attached hydrogens (tertiary/aromatic N) is 6. The minimum absolute atomic E-state index is 0.200. The second-order valence-electron chi connectivity index (χ2n) is 7.65. The molecule has 12 heteroatoms. The molecule has 11 nitrogen and oxygen atoms in total. The summed E-state index contributed by atoms with van der Waals surface area (Å²) in [4.78, 5) is 33.6. The lowest BCUT2D eigenvalue weighted by atomic mass is 10.1. The van der Waals surface area contributed by atoms with Crippen molar-refractivity contribution in [2.75, 3.05) is 16.8 Å². The molecule has 3 aromatic heterocycles. The summed E-state index contributed by atoms with van der Waals surface area (Å²) in [6, 6.07) is 5.92. The van der Waals surface area contributed by atoms with Crippen molar-refractivity contribution < 1.29 is 19.4 Å². The van der Waals surface area contributed by atoms with E-state index in [0.717, 1.165) is 4.90 Å². The predicted octanol–water partition coefficient (Wildman–Crippen LogP) is 4.38. The predicted molar refractivity (Wildman–Crippen MR) is 122 cm³/mol. The monoisotopic (exact) mass is 473 g/mol. The molecule has 2 N–H and O–H groups in total. The van der Waals surface area contributed by atoms with Gasteiger partial charge in [0.15, 0.2) is 11.5 Å². The molecule has 0 bridgehead atoms. The summed E-state index contributed by atoms with van der Waals surface area (Å²) in [6.45, 7) is 5.86. The van der Waals surface area contributed by atoms with Crippen molar-refractivity contribution in [3.05, 3.63) is 47.4 Å². The highest BCUT2D eigenvalue weighted by molar-refractivity contribution is 6.30. The van der Waals surface area contributed by atoms with E-state index in [4.69, 9.17) is 16.3 Å². The molecule has 1 atom stereocenters. The normalized spacial score (nSPS) is 11.8. The zero-order valence-electron chi connectivity index (χ0n) is 18.6. The number of rotatable bonds is 7. The number of ether oxygens (including phenoxy) is 1. The fraction of sp³-hybridized carbons (Fsp3) is 0.333. The van der Waals surface area contributed by atoms with Gasteiger partial charge in [-0.05, 0) is 31.0 Å². The van der Waals surface area contributed by atoms with E-state index >= 15 is 0 Å². The summed E-state index contributed by atoms with van der Waals surface area (Å²) in [5.74, 6) is 0.423. The molecule has 0 unspecified atom stereocenters. The van der Waals surface area contributed by atoms with Gasteiger partial charge in [0.1, 0.15) is 5.15 Å². The third-order valence-corrected chi connectivity index (χ3v) is 4.97. The molecule has 3 aromatic rings. The van der Waals surface area contributed by atoms with E-state index in [9.17, 15) is 14.7 Å². The Morgan fingerprint density at radius 3 is 2.61 bits per heavy atom. The molecule has 0 saturated carbocycles. The third kappa shape index (κ3) is 5.55. The maximum atomic E-state index is 12.3. The zero-order chi connectivity index (χ0) is 24.1. The van der Waals surface area contributed by atoms with Crippen LogP contribution >= 0.6 is 11.6 Å². The average molecular weight is 474 g/mol. The Morgan fingerprint density at radius 1 is 1.24 bits per heavy atom. The molecule has 0 radical (unpaired) electrons. The number of hydrogen-bond acceptors (Lipinski definition) is 7. The van der Waals surface area contributed by atoms with E-state index in [1.54, 1.807) is 38.2 Å². The maximum Gasteiger partial charge on any atom is 0.413 e. The van der Waals surface area contributed by atoms with Crippen molar-refractivity contribution in [2.24, 2.45) is 13.0 Å². The highest BCUT2D eigenvalue weighted by Crippen LogP contribution is 2.35. The van der Waals surface area contributed by atoms with Crippen LogP contribution in [0.1, 0.15) is 32.4 Å². The number of aryl methyl sites for hydroxylation is 1. The Bertz CT molecular complexity index is 1130. The van der Waals surface area contributed by atoms with Crippen LogP contribution in [0.15, 0.2) is 36.7 Å². The Labute approximate surface area is 195 Å². The summed E-state index contributed by atoms with van der Waals surface area (Å²) in [5.41, 5.74) is 1.57. The minimum atomic E-state index is -1.22. The van der Waals surface area contributed by atoms with Gasteiger partial charge in [0.25, 0.3) is 0 Å². The number of nitrogens with one attached hydrogen (secondary N) is 1. The van der Waals surface area contributed by atoms with Gasteiger partial charge in [-0.25, -0.2) is 19.3 Å². The van der Waals surface area contributed by atoms with Gasteiger partial charge in [0.2, 0.25) is 0 Å². The average Bonchev–Trinajstić information content (AvgIpc) is 3.14. The fourth-order valence-electron chi connectivity index (χ4n) is 3.08. The molecular weight excluding hydrogens is 450 g/mol. The Balaban J connectivity index is 1.90. The van der Waals surface area contributed by atoms with Gasteiger partial charge in [-0.3, -0.25) is 15.2 Å². The van der Waals surface area contributed by atoms with Crippen molar-refractivity contribution in [3.8, 4) is 11.4 Å². The lowest BCUT2D eigenvalue weighted by Crippen LogP contribution is -2.34. The van der Waals surface area contributed by atoms with Crippen molar-refractivity contribution in [1.82, 2.24) is 25.0 Å². The third-order valence-electron chi connectivity index (χ3n) is 4.66. The summed E-state index contributed by atoms with van der Waals surface area (Å²) < 4.78 is 6.44. The van der Waals surface area contributed by atoms with Gasteiger partial charge in [-0.15, -0.1) is 5.10 Å². The number of pyridine rings is 2. The van der Waals surface area contributed by atoms with Crippen molar-refractivity contribution in [2.45, 2.75) is 26.8 Å². The molecule has 0 aliphatic rings. The van der Waals surface area contributed by atoms with E-state index in [2.05, 4.69) is 25.6 Å². The Hall–Kier alpha value is -3.73. The molecule has 174 valence electrons. The molecule has 0 aromatic carbocycles. The molecule has 0 saturated heterocycles. The first kappa shape index (κ1) is 23.9. The van der Waals surface area contributed by atoms with Crippen molar-refractivity contribution >= 4 is 35.3 Å². The molecule has 0 spiro atoms. The van der Waals surface area contributed by atoms with Crippen molar-refractivity contribution in [3.63, 3.8) is 0 Å². The van der Waals surface area contributed by atoms with Gasteiger partial charge in [-0.2, -0.15) is 0 Å². The lowest BCUT2D eigenvalue weighted by molar-refractivity contribution is 0.147. The quantitative estimate of drug-likeness (QED) is 0.482. The number of carbonyl (C=O) groups is 2. The summed E-state index contributed by atoms with van der Waals surface area (Å²) >= 11 is 6.20. The van der Waals surface area contributed by atoms with E-state index in [0.29, 0.717) is 23.6 Å². The molecule has 0 aliphatic carbocycles. The standard InChI is InChI=1S/C21H24ClN7O4/c1-12(2)11-33-20(30)25-14-7-8-16(24-10-14)17-19(28(4)27-26-17)29(21(31)32)13(3)15-6-5-9-23-18(15)22/h5-10,12-13H,11H2,1-4H3,(H,25,30)(H,31,32)/t13-/m1/s1. The highest BCUT2D eigenvalue weighted by Gasteiger charge is 2.31. The first-order valence-corrected chi connectivity index (χ1v) is 10.5. The van der Waals surface area contributed by atoms with Gasteiger partial charge in [0, 0.05) is 18.8 Å². The summed E-state index contributed by atoms with van der Waals surface area (Å²) in [6.07, 6.45) is 1.15. The molecule has 2 amide bonds. The van der Waals surface area contributed by atoms with Crippen LogP contribution in [0.5, 0.6) is 0 Å². The number of hydrogen-bond donors (Lipinski definition) is 2. The van der Waals surface area contributed by atoms with Crippen LogP contribution in [0.4, 0.5) is 21.1 Å². The van der Waals surface area contributed by atoms with Crippen LogP contribution in [0, 0.1) is 5.92 Å². The highest BCUT2D eigenvalue weighted by atomic mass is 35.5. The summed E-state index contributed by atoms with van der Waals surface area (Å²) in [7, 11) is 1.58. The van der Waals surface area contributed by atoms with Crippen LogP contribution in [0.3, 0.4) is 0 Å². The van der Waals surface area contributed by atoms with Crippen LogP contribution in [0.2, 0.25) is 5.15 Å².